The quantitative estimate of drug-likeness (QED) is 0.645. The van der Waals surface area contributed by atoms with E-state index in [4.69, 9.17) is 0 Å². The van der Waals surface area contributed by atoms with Crippen molar-refractivity contribution < 1.29 is 18.0 Å². The highest BCUT2D eigenvalue weighted by atomic mass is 79.9. The number of anilines is 1. The lowest BCUT2D eigenvalue weighted by Gasteiger charge is -2.30. The number of carbonyl (C=O) groups excluding carboxylic acids is 2. The Kier molecular flexibility index (Phi) is 7.27. The third kappa shape index (κ3) is 5.68. The molecule has 0 aliphatic carbocycles. The molecule has 0 aromatic heterocycles. The van der Waals surface area contributed by atoms with E-state index < -0.39 is 10.0 Å². The van der Waals surface area contributed by atoms with E-state index in [1.54, 1.807) is 42.5 Å². The summed E-state index contributed by atoms with van der Waals surface area (Å²) in [4.78, 5) is 25.3. The molecule has 0 saturated carbocycles. The highest BCUT2D eigenvalue weighted by molar-refractivity contribution is 9.10. The molecule has 160 valence electrons. The molecule has 1 fully saturated rings. The molecule has 2 aromatic carbocycles. The van der Waals surface area contributed by atoms with Crippen molar-refractivity contribution in [3.63, 3.8) is 0 Å². The topological polar surface area (TPSA) is 95.6 Å². The van der Waals surface area contributed by atoms with Crippen LogP contribution >= 0.6 is 15.9 Å². The summed E-state index contributed by atoms with van der Waals surface area (Å²) in [7, 11) is -3.16. The molecule has 1 heterocycles. The zero-order valence-electron chi connectivity index (χ0n) is 16.6. The summed E-state index contributed by atoms with van der Waals surface area (Å²) >= 11 is 3.36. The Morgan fingerprint density at radius 3 is 2.23 bits per heavy atom. The summed E-state index contributed by atoms with van der Waals surface area (Å²) in [6, 6.07) is 13.9. The first-order valence-electron chi connectivity index (χ1n) is 9.64. The van der Waals surface area contributed by atoms with Crippen molar-refractivity contribution in [3.05, 3.63) is 64.1 Å². The minimum Gasteiger partial charge on any atom is -0.352 e. The number of benzene rings is 2. The molecule has 2 aromatic rings. The highest BCUT2D eigenvalue weighted by Gasteiger charge is 2.25. The molecule has 0 atom stereocenters. The first-order chi connectivity index (χ1) is 14.3. The molecule has 3 rings (SSSR count). The average molecular weight is 494 g/mol. The Morgan fingerprint density at radius 2 is 1.60 bits per heavy atom. The predicted octanol–water partition coefficient (Wildman–Crippen LogP) is 3.10. The molecule has 0 unspecified atom stereocenters. The SMILES string of the molecule is CS(=O)(=O)N1CCC(CNC(=O)c2ccccc2NC(=O)c2ccccc2Br)CC1. The number of nitrogens with one attached hydrogen (secondary N) is 2. The molecule has 2 amide bonds. The lowest BCUT2D eigenvalue weighted by molar-refractivity contribution is 0.0942. The zero-order valence-corrected chi connectivity index (χ0v) is 19.0. The molecule has 1 saturated heterocycles. The van der Waals surface area contributed by atoms with Gasteiger partial charge >= 0.3 is 0 Å². The summed E-state index contributed by atoms with van der Waals surface area (Å²) in [5, 5.41) is 5.73. The zero-order chi connectivity index (χ0) is 21.7. The third-order valence-corrected chi connectivity index (χ3v) is 7.13. The van der Waals surface area contributed by atoms with Gasteiger partial charge in [0.15, 0.2) is 0 Å². The fourth-order valence-corrected chi connectivity index (χ4v) is 4.74. The van der Waals surface area contributed by atoms with Crippen LogP contribution in [0.25, 0.3) is 0 Å². The van der Waals surface area contributed by atoms with Crippen LogP contribution in [0.15, 0.2) is 53.0 Å². The van der Waals surface area contributed by atoms with E-state index >= 15 is 0 Å². The summed E-state index contributed by atoms with van der Waals surface area (Å²) < 4.78 is 25.4. The monoisotopic (exact) mass is 493 g/mol. The van der Waals surface area contributed by atoms with Crippen molar-refractivity contribution in [3.8, 4) is 0 Å². The standard InChI is InChI=1S/C21H24BrN3O4S/c1-30(28,29)25-12-10-15(11-13-25)14-23-20(26)17-7-3-5-9-19(17)24-21(27)16-6-2-4-8-18(16)22/h2-9,15H,10-14H2,1H3,(H,23,26)(H,24,27). The number of halogens is 1. The molecule has 0 spiro atoms. The lowest BCUT2D eigenvalue weighted by atomic mass is 9.98. The first kappa shape index (κ1) is 22.5. The summed E-state index contributed by atoms with van der Waals surface area (Å²) in [5.74, 6) is -0.367. The second-order valence-electron chi connectivity index (χ2n) is 7.29. The smallest absolute Gasteiger partial charge is 0.256 e. The van der Waals surface area contributed by atoms with Gasteiger partial charge in [0.25, 0.3) is 11.8 Å². The van der Waals surface area contributed by atoms with Crippen LogP contribution in [0.5, 0.6) is 0 Å². The molecular formula is C21H24BrN3O4S. The van der Waals surface area contributed by atoms with Crippen LogP contribution in [0.3, 0.4) is 0 Å². The van der Waals surface area contributed by atoms with Gasteiger partial charge in [-0.2, -0.15) is 0 Å². The van der Waals surface area contributed by atoms with Gasteiger partial charge < -0.3 is 10.6 Å². The van der Waals surface area contributed by atoms with Crippen LogP contribution < -0.4 is 10.6 Å². The van der Waals surface area contributed by atoms with Crippen LogP contribution in [0.2, 0.25) is 0 Å². The van der Waals surface area contributed by atoms with Crippen LogP contribution in [0.1, 0.15) is 33.6 Å². The fraction of sp³-hybridized carbons (Fsp3) is 0.333. The highest BCUT2D eigenvalue weighted by Crippen LogP contribution is 2.21. The third-order valence-electron chi connectivity index (χ3n) is 5.13. The predicted molar refractivity (Wildman–Crippen MR) is 120 cm³/mol. The van der Waals surface area contributed by atoms with E-state index in [0.29, 0.717) is 53.8 Å². The summed E-state index contributed by atoms with van der Waals surface area (Å²) in [6.45, 7) is 1.40. The normalized spacial score (nSPS) is 15.5. The maximum Gasteiger partial charge on any atom is 0.256 e. The number of hydrogen-bond acceptors (Lipinski definition) is 4. The van der Waals surface area contributed by atoms with Crippen molar-refractivity contribution in [1.29, 1.82) is 0 Å². The van der Waals surface area contributed by atoms with Gasteiger partial charge in [0.2, 0.25) is 10.0 Å². The van der Waals surface area contributed by atoms with Crippen LogP contribution in [0, 0.1) is 5.92 Å². The van der Waals surface area contributed by atoms with Gasteiger partial charge in [-0.05, 0) is 59.0 Å². The number of hydrogen-bond donors (Lipinski definition) is 2. The van der Waals surface area contributed by atoms with E-state index in [2.05, 4.69) is 26.6 Å². The maximum atomic E-state index is 12.7. The number of nitrogens with zero attached hydrogens (tertiary/aromatic N) is 1. The maximum absolute atomic E-state index is 12.7. The van der Waals surface area contributed by atoms with Crippen molar-refractivity contribution in [1.82, 2.24) is 9.62 Å². The van der Waals surface area contributed by atoms with E-state index in [0.717, 1.165) is 0 Å². The molecule has 2 N–H and O–H groups in total. The molecule has 0 bridgehead atoms. The lowest BCUT2D eigenvalue weighted by Crippen LogP contribution is -2.41. The molecule has 1 aliphatic rings. The number of piperidine rings is 1. The minimum atomic E-state index is -3.16. The molecular weight excluding hydrogens is 470 g/mol. The van der Waals surface area contributed by atoms with Gasteiger partial charge in [-0.1, -0.05) is 24.3 Å². The second-order valence-corrected chi connectivity index (χ2v) is 10.1. The first-order valence-corrected chi connectivity index (χ1v) is 12.3. The van der Waals surface area contributed by atoms with Crippen molar-refractivity contribution in [2.45, 2.75) is 12.8 Å². The number of para-hydroxylation sites is 1. The molecule has 0 radical (unpaired) electrons. The van der Waals surface area contributed by atoms with Gasteiger partial charge in [0.1, 0.15) is 0 Å². The van der Waals surface area contributed by atoms with Crippen molar-refractivity contribution in [2.75, 3.05) is 31.2 Å². The van der Waals surface area contributed by atoms with Crippen LogP contribution in [-0.4, -0.2) is 50.4 Å². The Labute approximate surface area is 185 Å². The Hall–Kier alpha value is -2.23. The molecule has 30 heavy (non-hydrogen) atoms. The number of rotatable bonds is 6. The van der Waals surface area contributed by atoms with E-state index in [9.17, 15) is 18.0 Å². The Morgan fingerprint density at radius 1 is 1.00 bits per heavy atom. The van der Waals surface area contributed by atoms with Gasteiger partial charge in [0.05, 0.1) is 23.1 Å². The van der Waals surface area contributed by atoms with E-state index in [1.807, 2.05) is 6.07 Å². The molecule has 1 aliphatic heterocycles. The van der Waals surface area contributed by atoms with Gasteiger partial charge in [-0.15, -0.1) is 0 Å². The van der Waals surface area contributed by atoms with Gasteiger partial charge in [-0.25, -0.2) is 12.7 Å². The van der Waals surface area contributed by atoms with Crippen LogP contribution in [-0.2, 0) is 10.0 Å². The Balaban J connectivity index is 1.61. The van der Waals surface area contributed by atoms with Crippen molar-refractivity contribution >= 4 is 43.5 Å². The van der Waals surface area contributed by atoms with Gasteiger partial charge in [0, 0.05) is 24.1 Å². The number of sulfonamides is 1. The summed E-state index contributed by atoms with van der Waals surface area (Å²) in [5.41, 5.74) is 1.29. The Bertz CT molecular complexity index is 1030. The average Bonchev–Trinajstić information content (AvgIpc) is 2.72. The number of amides is 2. The van der Waals surface area contributed by atoms with Crippen molar-refractivity contribution in [2.24, 2.45) is 5.92 Å². The minimum absolute atomic E-state index is 0.217. The largest absolute Gasteiger partial charge is 0.352 e. The molecule has 7 nitrogen and oxygen atoms in total. The number of carbonyl (C=O) groups is 2. The summed E-state index contributed by atoms with van der Waals surface area (Å²) in [6.07, 6.45) is 2.62. The van der Waals surface area contributed by atoms with Gasteiger partial charge in [-0.3, -0.25) is 9.59 Å². The van der Waals surface area contributed by atoms with E-state index in [-0.39, 0.29) is 17.7 Å². The van der Waals surface area contributed by atoms with Crippen LogP contribution in [0.4, 0.5) is 5.69 Å². The second kappa shape index (κ2) is 9.72. The fourth-order valence-electron chi connectivity index (χ4n) is 3.40. The molecule has 9 heteroatoms. The van der Waals surface area contributed by atoms with E-state index in [1.165, 1.54) is 10.6 Å².